The van der Waals surface area contributed by atoms with Crippen molar-refractivity contribution in [3.63, 3.8) is 0 Å². The summed E-state index contributed by atoms with van der Waals surface area (Å²) < 4.78 is 3.32. The summed E-state index contributed by atoms with van der Waals surface area (Å²) in [4.78, 5) is 27.2. The number of aromatic amines is 1. The molecule has 2 aliphatic rings. The summed E-state index contributed by atoms with van der Waals surface area (Å²) in [6.07, 6.45) is 3.74. The number of carbonyl (C=O) groups excluding carboxylic acids is 1. The van der Waals surface area contributed by atoms with E-state index in [2.05, 4.69) is 15.3 Å². The van der Waals surface area contributed by atoms with E-state index in [0.29, 0.717) is 24.8 Å². The van der Waals surface area contributed by atoms with Crippen molar-refractivity contribution < 1.29 is 4.79 Å². The Kier molecular flexibility index (Phi) is 4.34. The van der Waals surface area contributed by atoms with Gasteiger partial charge in [0.1, 0.15) is 11.5 Å². The molecule has 1 saturated carbocycles. The zero-order valence-corrected chi connectivity index (χ0v) is 16.4. The Morgan fingerprint density at radius 1 is 1.10 bits per heavy atom. The Labute approximate surface area is 168 Å². The highest BCUT2D eigenvalue weighted by molar-refractivity contribution is 5.93. The van der Waals surface area contributed by atoms with Gasteiger partial charge in [-0.15, -0.1) is 0 Å². The molecule has 150 valence electrons. The van der Waals surface area contributed by atoms with E-state index in [1.807, 2.05) is 45.9 Å². The molecule has 0 radical (unpaired) electrons. The fraction of sp³-hybridized carbons (Fsp3) is 0.429. The molecule has 3 aromatic rings. The number of rotatable bonds is 4. The molecule has 0 spiro atoms. The molecule has 8 nitrogen and oxygen atoms in total. The highest BCUT2D eigenvalue weighted by Gasteiger charge is 2.34. The van der Waals surface area contributed by atoms with E-state index < -0.39 is 0 Å². The molecule has 1 aliphatic heterocycles. The van der Waals surface area contributed by atoms with Gasteiger partial charge in [0.2, 0.25) is 0 Å². The Morgan fingerprint density at radius 3 is 2.52 bits per heavy atom. The second kappa shape index (κ2) is 7.02. The molecule has 1 saturated heterocycles. The minimum atomic E-state index is -0.0289. The van der Waals surface area contributed by atoms with E-state index in [0.717, 1.165) is 42.8 Å². The van der Waals surface area contributed by atoms with Crippen LogP contribution in [0.5, 0.6) is 0 Å². The Morgan fingerprint density at radius 2 is 1.83 bits per heavy atom. The number of aromatic nitrogens is 5. The van der Waals surface area contributed by atoms with Gasteiger partial charge in [-0.05, 0) is 31.7 Å². The van der Waals surface area contributed by atoms with Crippen LogP contribution in [0.3, 0.4) is 0 Å². The molecule has 1 aliphatic carbocycles. The number of nitrogens with one attached hydrogen (secondary N) is 1. The summed E-state index contributed by atoms with van der Waals surface area (Å²) in [7, 11) is 1.71. The highest BCUT2D eigenvalue weighted by Crippen LogP contribution is 2.37. The van der Waals surface area contributed by atoms with Gasteiger partial charge in [-0.3, -0.25) is 14.5 Å². The van der Waals surface area contributed by atoms with E-state index in [-0.39, 0.29) is 17.5 Å². The quantitative estimate of drug-likeness (QED) is 0.738. The van der Waals surface area contributed by atoms with Crippen molar-refractivity contribution in [2.45, 2.75) is 37.6 Å². The van der Waals surface area contributed by atoms with Gasteiger partial charge in [0.25, 0.3) is 5.91 Å². The number of H-pyrrole nitrogens is 1. The van der Waals surface area contributed by atoms with E-state index in [4.69, 9.17) is 0 Å². The van der Waals surface area contributed by atoms with Crippen molar-refractivity contribution in [3.8, 4) is 11.3 Å². The summed E-state index contributed by atoms with van der Waals surface area (Å²) in [6, 6.07) is 11.9. The Bertz CT molecular complexity index is 1080. The number of likely N-dealkylation sites (tertiary alicyclic amines) is 1. The molecule has 29 heavy (non-hydrogen) atoms. The fourth-order valence-electron chi connectivity index (χ4n) is 4.15. The van der Waals surface area contributed by atoms with Gasteiger partial charge in [0.15, 0.2) is 0 Å². The number of amides is 1. The van der Waals surface area contributed by atoms with Crippen LogP contribution in [0.1, 0.15) is 54.0 Å². The first-order chi connectivity index (χ1) is 14.1. The number of piperidine rings is 1. The van der Waals surface area contributed by atoms with Gasteiger partial charge in [0.05, 0.1) is 5.69 Å². The van der Waals surface area contributed by atoms with Gasteiger partial charge in [0, 0.05) is 37.7 Å². The molecule has 1 aromatic carbocycles. The van der Waals surface area contributed by atoms with Crippen molar-refractivity contribution in [2.24, 2.45) is 7.05 Å². The van der Waals surface area contributed by atoms with E-state index >= 15 is 0 Å². The van der Waals surface area contributed by atoms with Crippen LogP contribution in [0.4, 0.5) is 0 Å². The van der Waals surface area contributed by atoms with Crippen LogP contribution in [0.2, 0.25) is 0 Å². The third kappa shape index (κ3) is 3.28. The van der Waals surface area contributed by atoms with Crippen LogP contribution < -0.4 is 5.69 Å². The van der Waals surface area contributed by atoms with Crippen LogP contribution >= 0.6 is 0 Å². The standard InChI is InChI=1S/C21H24N6O2/c1-25-21(29)27(16-7-8-16)19(24-25)15-9-11-26(12-10-15)20(28)18-13-17(22-23-18)14-5-3-2-4-6-14/h2-6,13,15-16H,7-12H2,1H3,(H,22,23). The van der Waals surface area contributed by atoms with Gasteiger partial charge in [-0.1, -0.05) is 30.3 Å². The smallest absolute Gasteiger partial charge is 0.337 e. The zero-order valence-electron chi connectivity index (χ0n) is 16.4. The summed E-state index contributed by atoms with van der Waals surface area (Å²) in [6.45, 7) is 1.30. The maximum Gasteiger partial charge on any atom is 0.345 e. The van der Waals surface area contributed by atoms with E-state index in [9.17, 15) is 9.59 Å². The number of nitrogens with zero attached hydrogens (tertiary/aromatic N) is 5. The predicted molar refractivity (Wildman–Crippen MR) is 108 cm³/mol. The Balaban J connectivity index is 1.28. The minimum absolute atomic E-state index is 0.0214. The lowest BCUT2D eigenvalue weighted by Gasteiger charge is -2.31. The minimum Gasteiger partial charge on any atom is -0.337 e. The first-order valence-electron chi connectivity index (χ1n) is 10.2. The van der Waals surface area contributed by atoms with Crippen LogP contribution in [0.25, 0.3) is 11.3 Å². The molecule has 0 bridgehead atoms. The molecule has 3 heterocycles. The zero-order chi connectivity index (χ0) is 20.0. The van der Waals surface area contributed by atoms with Gasteiger partial charge in [-0.2, -0.15) is 10.2 Å². The molecule has 1 N–H and O–H groups in total. The summed E-state index contributed by atoms with van der Waals surface area (Å²) >= 11 is 0. The van der Waals surface area contributed by atoms with Crippen LogP contribution in [0.15, 0.2) is 41.2 Å². The van der Waals surface area contributed by atoms with Crippen molar-refractivity contribution in [3.05, 3.63) is 58.4 Å². The summed E-state index contributed by atoms with van der Waals surface area (Å²) in [5.74, 6) is 1.08. The first-order valence-corrected chi connectivity index (χ1v) is 10.2. The summed E-state index contributed by atoms with van der Waals surface area (Å²) in [5.41, 5.74) is 2.24. The van der Waals surface area contributed by atoms with E-state index in [1.165, 1.54) is 4.68 Å². The number of hydrogen-bond acceptors (Lipinski definition) is 4. The number of aryl methyl sites for hydroxylation is 1. The third-order valence-electron chi connectivity index (χ3n) is 5.92. The normalized spacial score (nSPS) is 17.6. The fourth-order valence-corrected chi connectivity index (χ4v) is 4.15. The van der Waals surface area contributed by atoms with Crippen molar-refractivity contribution >= 4 is 5.91 Å². The maximum absolute atomic E-state index is 12.9. The molecule has 0 atom stereocenters. The highest BCUT2D eigenvalue weighted by atomic mass is 16.2. The van der Waals surface area contributed by atoms with Gasteiger partial charge >= 0.3 is 5.69 Å². The van der Waals surface area contributed by atoms with Crippen LogP contribution in [0, 0.1) is 0 Å². The molecular formula is C21H24N6O2. The van der Waals surface area contributed by atoms with Gasteiger partial charge in [-0.25, -0.2) is 9.48 Å². The molecular weight excluding hydrogens is 368 g/mol. The summed E-state index contributed by atoms with van der Waals surface area (Å²) in [5, 5.41) is 11.7. The average molecular weight is 392 g/mol. The Hall–Kier alpha value is -3.16. The second-order valence-corrected chi connectivity index (χ2v) is 7.96. The molecule has 1 amide bonds. The van der Waals surface area contributed by atoms with E-state index in [1.54, 1.807) is 7.05 Å². The molecule has 0 unspecified atom stereocenters. The van der Waals surface area contributed by atoms with Crippen molar-refractivity contribution in [1.29, 1.82) is 0 Å². The van der Waals surface area contributed by atoms with Crippen molar-refractivity contribution in [1.82, 2.24) is 29.4 Å². The maximum atomic E-state index is 12.9. The predicted octanol–water partition coefficient (Wildman–Crippen LogP) is 2.33. The molecule has 8 heteroatoms. The average Bonchev–Trinajstić information content (AvgIpc) is 3.39. The van der Waals surface area contributed by atoms with Gasteiger partial charge < -0.3 is 4.90 Å². The first kappa shape index (κ1) is 17.9. The lowest BCUT2D eigenvalue weighted by molar-refractivity contribution is 0.0704. The topological polar surface area (TPSA) is 88.8 Å². The number of carbonyl (C=O) groups is 1. The number of hydrogen-bond donors (Lipinski definition) is 1. The van der Waals surface area contributed by atoms with Crippen LogP contribution in [-0.4, -0.2) is 48.4 Å². The molecule has 5 rings (SSSR count). The molecule has 2 aromatic heterocycles. The largest absolute Gasteiger partial charge is 0.345 e. The lowest BCUT2D eigenvalue weighted by Crippen LogP contribution is -2.38. The second-order valence-electron chi connectivity index (χ2n) is 7.96. The van der Waals surface area contributed by atoms with Crippen molar-refractivity contribution in [2.75, 3.05) is 13.1 Å². The third-order valence-corrected chi connectivity index (χ3v) is 5.92. The number of benzene rings is 1. The SMILES string of the molecule is Cn1nc(C2CCN(C(=O)c3cc(-c4ccccc4)n[nH]3)CC2)n(C2CC2)c1=O. The monoisotopic (exact) mass is 392 g/mol. The van der Waals surface area contributed by atoms with Crippen LogP contribution in [-0.2, 0) is 7.05 Å². The lowest BCUT2D eigenvalue weighted by atomic mass is 9.95. The molecule has 2 fully saturated rings.